The molecule has 0 bridgehead atoms. The van der Waals surface area contributed by atoms with Crippen molar-refractivity contribution >= 4 is 33.8 Å². The lowest BCUT2D eigenvalue weighted by Gasteiger charge is -2.31. The minimum absolute atomic E-state index is 0.0387. The van der Waals surface area contributed by atoms with Crippen LogP contribution in [0.5, 0.6) is 0 Å². The van der Waals surface area contributed by atoms with E-state index in [1.807, 2.05) is 30.5 Å². The van der Waals surface area contributed by atoms with Gasteiger partial charge in [0.15, 0.2) is 0 Å². The van der Waals surface area contributed by atoms with Crippen LogP contribution in [0.3, 0.4) is 0 Å². The van der Waals surface area contributed by atoms with Gasteiger partial charge in [-0.2, -0.15) is 0 Å². The van der Waals surface area contributed by atoms with Gasteiger partial charge in [-0.25, -0.2) is 4.79 Å². The first-order valence-electron chi connectivity index (χ1n) is 7.38. The highest BCUT2D eigenvalue weighted by Crippen LogP contribution is 2.27. The number of rotatable bonds is 4. The third-order valence-corrected chi connectivity index (χ3v) is 5.28. The summed E-state index contributed by atoms with van der Waals surface area (Å²) in [4.78, 5) is 15.0. The van der Waals surface area contributed by atoms with Gasteiger partial charge < -0.3 is 9.64 Å². The minimum Gasteiger partial charge on any atom is -0.447 e. The molecule has 1 heterocycles. The van der Waals surface area contributed by atoms with Gasteiger partial charge in [-0.3, -0.25) is 0 Å². The van der Waals surface area contributed by atoms with Crippen molar-refractivity contribution in [1.82, 2.24) is 4.90 Å². The Labute approximate surface area is 139 Å². The molecular formula is C16H22BrNO2S. The fraction of sp³-hybridized carbons (Fsp3) is 0.562. The maximum absolute atomic E-state index is 11.8. The second kappa shape index (κ2) is 8.08. The van der Waals surface area contributed by atoms with Crippen molar-refractivity contribution in [2.24, 2.45) is 5.92 Å². The van der Waals surface area contributed by atoms with E-state index in [0.29, 0.717) is 5.92 Å². The highest BCUT2D eigenvalue weighted by Gasteiger charge is 2.24. The fourth-order valence-electron chi connectivity index (χ4n) is 2.30. The summed E-state index contributed by atoms with van der Waals surface area (Å²) in [6, 6.07) is 8.44. The van der Waals surface area contributed by atoms with E-state index in [-0.39, 0.29) is 12.2 Å². The Balaban J connectivity index is 1.71. The predicted molar refractivity (Wildman–Crippen MR) is 90.8 cm³/mol. The first-order chi connectivity index (χ1) is 10.0. The zero-order chi connectivity index (χ0) is 15.2. The largest absolute Gasteiger partial charge is 0.447 e. The summed E-state index contributed by atoms with van der Waals surface area (Å²) in [6.45, 7) is 5.41. The molecule has 1 aromatic carbocycles. The molecule has 116 valence electrons. The van der Waals surface area contributed by atoms with Crippen molar-refractivity contribution in [2.45, 2.75) is 37.7 Å². The molecule has 0 spiro atoms. The van der Waals surface area contributed by atoms with E-state index in [0.717, 1.165) is 36.2 Å². The number of likely N-dealkylation sites (tertiary alicyclic amines) is 1. The highest BCUT2D eigenvalue weighted by atomic mass is 79.9. The van der Waals surface area contributed by atoms with Crippen molar-refractivity contribution in [1.29, 1.82) is 0 Å². The molecule has 0 aliphatic carbocycles. The average molecular weight is 372 g/mol. The van der Waals surface area contributed by atoms with E-state index in [1.54, 1.807) is 0 Å². The van der Waals surface area contributed by atoms with Crippen molar-refractivity contribution in [3.05, 3.63) is 28.7 Å². The summed E-state index contributed by atoms with van der Waals surface area (Å²) >= 11 is 5.35. The molecule has 1 aliphatic rings. The number of ether oxygens (including phenoxy) is 1. The first-order valence-corrected chi connectivity index (χ1v) is 9.16. The number of halogens is 1. The molecule has 0 unspecified atom stereocenters. The van der Waals surface area contributed by atoms with Gasteiger partial charge in [0.1, 0.15) is 0 Å². The Morgan fingerprint density at radius 2 is 1.95 bits per heavy atom. The topological polar surface area (TPSA) is 29.5 Å². The van der Waals surface area contributed by atoms with E-state index in [1.165, 1.54) is 4.90 Å². The van der Waals surface area contributed by atoms with Crippen LogP contribution in [0.15, 0.2) is 33.6 Å². The van der Waals surface area contributed by atoms with Gasteiger partial charge in [0.25, 0.3) is 0 Å². The number of benzene rings is 1. The maximum atomic E-state index is 11.8. The number of nitrogens with zero attached hydrogens (tertiary/aromatic N) is 1. The SMILES string of the molecule is CC(C)OC(=O)N1CCC(CSc2ccc(Br)cc2)CC1. The Morgan fingerprint density at radius 1 is 1.33 bits per heavy atom. The van der Waals surface area contributed by atoms with E-state index < -0.39 is 0 Å². The molecule has 0 radical (unpaired) electrons. The molecule has 21 heavy (non-hydrogen) atoms. The standard InChI is InChI=1S/C16H22BrNO2S/c1-12(2)20-16(19)18-9-7-13(8-10-18)11-21-15-5-3-14(17)4-6-15/h3-6,12-13H,7-11H2,1-2H3. The van der Waals surface area contributed by atoms with Crippen molar-refractivity contribution < 1.29 is 9.53 Å². The molecule has 3 nitrogen and oxygen atoms in total. The third-order valence-electron chi connectivity index (χ3n) is 3.51. The van der Waals surface area contributed by atoms with E-state index in [4.69, 9.17) is 4.74 Å². The zero-order valence-electron chi connectivity index (χ0n) is 12.5. The molecule has 0 aromatic heterocycles. The van der Waals surface area contributed by atoms with Crippen molar-refractivity contribution in [2.75, 3.05) is 18.8 Å². The Bertz CT molecular complexity index is 456. The molecule has 1 saturated heterocycles. The molecule has 1 aliphatic heterocycles. The summed E-state index contributed by atoms with van der Waals surface area (Å²) < 4.78 is 6.36. The van der Waals surface area contributed by atoms with E-state index >= 15 is 0 Å². The number of amides is 1. The molecule has 0 atom stereocenters. The van der Waals surface area contributed by atoms with Crippen LogP contribution in [0.4, 0.5) is 4.79 Å². The molecule has 2 rings (SSSR count). The van der Waals surface area contributed by atoms with Gasteiger partial charge in [-0.1, -0.05) is 15.9 Å². The van der Waals surface area contributed by atoms with Gasteiger partial charge in [-0.15, -0.1) is 11.8 Å². The Morgan fingerprint density at radius 3 is 2.52 bits per heavy atom. The van der Waals surface area contributed by atoms with Crippen LogP contribution in [0.2, 0.25) is 0 Å². The smallest absolute Gasteiger partial charge is 0.410 e. The second-order valence-corrected chi connectivity index (χ2v) is 7.64. The summed E-state index contributed by atoms with van der Waals surface area (Å²) in [5.74, 6) is 1.80. The van der Waals surface area contributed by atoms with Gasteiger partial charge in [0.2, 0.25) is 0 Å². The normalized spacial score (nSPS) is 16.3. The van der Waals surface area contributed by atoms with Gasteiger partial charge in [0, 0.05) is 28.2 Å². The second-order valence-electron chi connectivity index (χ2n) is 5.63. The van der Waals surface area contributed by atoms with E-state index in [2.05, 4.69) is 40.2 Å². The van der Waals surface area contributed by atoms with Crippen LogP contribution in [0, 0.1) is 5.92 Å². The average Bonchev–Trinajstić information content (AvgIpc) is 2.46. The number of hydrogen-bond acceptors (Lipinski definition) is 3. The lowest BCUT2D eigenvalue weighted by atomic mass is 9.99. The monoisotopic (exact) mass is 371 g/mol. The van der Waals surface area contributed by atoms with Crippen molar-refractivity contribution in [3.63, 3.8) is 0 Å². The fourth-order valence-corrected chi connectivity index (χ4v) is 3.66. The lowest BCUT2D eigenvalue weighted by Crippen LogP contribution is -2.40. The molecule has 1 fully saturated rings. The Hall–Kier alpha value is -0.680. The van der Waals surface area contributed by atoms with Crippen LogP contribution >= 0.6 is 27.7 Å². The summed E-state index contributed by atoms with van der Waals surface area (Å²) in [7, 11) is 0. The van der Waals surface area contributed by atoms with Gasteiger partial charge in [-0.05, 0) is 56.9 Å². The number of thioether (sulfide) groups is 1. The van der Waals surface area contributed by atoms with Crippen molar-refractivity contribution in [3.8, 4) is 0 Å². The van der Waals surface area contributed by atoms with Crippen LogP contribution < -0.4 is 0 Å². The number of carbonyl (C=O) groups is 1. The predicted octanol–water partition coefficient (Wildman–Crippen LogP) is 4.80. The number of carbonyl (C=O) groups excluding carboxylic acids is 1. The molecule has 0 saturated carbocycles. The maximum Gasteiger partial charge on any atom is 0.410 e. The summed E-state index contributed by atoms with van der Waals surface area (Å²) in [5.41, 5.74) is 0. The summed E-state index contributed by atoms with van der Waals surface area (Å²) in [5, 5.41) is 0. The lowest BCUT2D eigenvalue weighted by molar-refractivity contribution is 0.0667. The molecule has 0 N–H and O–H groups in total. The zero-order valence-corrected chi connectivity index (χ0v) is 15.0. The molecule has 1 amide bonds. The van der Waals surface area contributed by atoms with Gasteiger partial charge >= 0.3 is 6.09 Å². The quantitative estimate of drug-likeness (QED) is 0.711. The summed E-state index contributed by atoms with van der Waals surface area (Å²) in [6.07, 6.45) is 1.93. The van der Waals surface area contributed by atoms with Crippen LogP contribution in [0.1, 0.15) is 26.7 Å². The van der Waals surface area contributed by atoms with Crippen LogP contribution in [-0.2, 0) is 4.74 Å². The molecule has 5 heteroatoms. The van der Waals surface area contributed by atoms with E-state index in [9.17, 15) is 4.79 Å². The minimum atomic E-state index is -0.163. The highest BCUT2D eigenvalue weighted by molar-refractivity contribution is 9.10. The van der Waals surface area contributed by atoms with Crippen LogP contribution in [0.25, 0.3) is 0 Å². The molecular weight excluding hydrogens is 350 g/mol. The Kier molecular flexibility index (Phi) is 6.42. The first kappa shape index (κ1) is 16.7. The van der Waals surface area contributed by atoms with Gasteiger partial charge in [0.05, 0.1) is 6.10 Å². The number of piperidine rings is 1. The molecule has 1 aromatic rings. The third kappa shape index (κ3) is 5.55. The van der Waals surface area contributed by atoms with Crippen LogP contribution in [-0.4, -0.2) is 35.9 Å². The number of hydrogen-bond donors (Lipinski definition) is 0.